The quantitative estimate of drug-likeness (QED) is 0.665. The van der Waals surface area contributed by atoms with Crippen LogP contribution in [0.5, 0.6) is 0 Å². The van der Waals surface area contributed by atoms with Gasteiger partial charge in [0.2, 0.25) is 0 Å². The molecule has 0 amide bonds. The number of aryl methyl sites for hydroxylation is 2. The number of hydrogen-bond donors (Lipinski definition) is 0. The van der Waals surface area contributed by atoms with Crippen molar-refractivity contribution < 1.29 is 4.79 Å². The van der Waals surface area contributed by atoms with Gasteiger partial charge in [-0.15, -0.1) is 0 Å². The predicted molar refractivity (Wildman–Crippen MR) is 80.5 cm³/mol. The summed E-state index contributed by atoms with van der Waals surface area (Å²) in [5, 5.41) is 0.710. The van der Waals surface area contributed by atoms with Gasteiger partial charge in [0, 0.05) is 16.8 Å². The van der Waals surface area contributed by atoms with Crippen molar-refractivity contribution in [3.8, 4) is 11.3 Å². The molecule has 0 aliphatic carbocycles. The van der Waals surface area contributed by atoms with Gasteiger partial charge in [-0.3, -0.25) is 9.20 Å². The van der Waals surface area contributed by atoms with Gasteiger partial charge in [0.25, 0.3) is 0 Å². The van der Waals surface area contributed by atoms with Gasteiger partial charge in [-0.25, -0.2) is 4.98 Å². The maximum Gasteiger partial charge on any atom is 0.169 e. The number of benzene rings is 1. The summed E-state index contributed by atoms with van der Waals surface area (Å²) in [7, 11) is 0. The fourth-order valence-corrected chi connectivity index (χ4v) is 2.46. The molecular weight excluding hydrogens is 272 g/mol. The Morgan fingerprint density at radius 1 is 1.20 bits per heavy atom. The molecule has 3 rings (SSSR count). The number of nitrogens with zero attached hydrogens (tertiary/aromatic N) is 2. The number of rotatable bonds is 2. The molecule has 0 saturated carbocycles. The van der Waals surface area contributed by atoms with Crippen molar-refractivity contribution in [3.63, 3.8) is 0 Å². The highest BCUT2D eigenvalue weighted by atomic mass is 35.5. The number of carbonyl (C=O) groups is 1. The van der Waals surface area contributed by atoms with Gasteiger partial charge < -0.3 is 0 Å². The lowest BCUT2D eigenvalue weighted by molar-refractivity contribution is 0.111. The summed E-state index contributed by atoms with van der Waals surface area (Å²) in [5.41, 5.74) is 4.95. The average molecular weight is 285 g/mol. The Kier molecular flexibility index (Phi) is 3.07. The standard InChI is InChI=1S/C16H13ClN2O/c1-10-4-3-7-19-14(9-20)15(18-16(10)19)12-5-6-13(17)11(2)8-12/h3-9H,1-2H3. The van der Waals surface area contributed by atoms with Gasteiger partial charge in [0.05, 0.1) is 0 Å². The van der Waals surface area contributed by atoms with E-state index in [1.54, 1.807) is 0 Å². The highest BCUT2D eigenvalue weighted by Crippen LogP contribution is 2.27. The first kappa shape index (κ1) is 12.9. The normalized spacial score (nSPS) is 10.9. The molecule has 0 radical (unpaired) electrons. The topological polar surface area (TPSA) is 34.4 Å². The average Bonchev–Trinajstić information content (AvgIpc) is 2.82. The molecule has 100 valence electrons. The van der Waals surface area contributed by atoms with E-state index in [2.05, 4.69) is 4.98 Å². The number of halogens is 1. The number of pyridine rings is 1. The molecule has 2 aromatic heterocycles. The minimum atomic E-state index is 0.561. The number of aromatic nitrogens is 2. The molecule has 0 atom stereocenters. The molecule has 0 spiro atoms. The fourth-order valence-electron chi connectivity index (χ4n) is 2.34. The molecule has 1 aromatic carbocycles. The van der Waals surface area contributed by atoms with Crippen molar-refractivity contribution >= 4 is 23.5 Å². The van der Waals surface area contributed by atoms with Crippen molar-refractivity contribution in [2.75, 3.05) is 0 Å². The van der Waals surface area contributed by atoms with E-state index in [0.29, 0.717) is 16.4 Å². The first-order chi connectivity index (χ1) is 9.61. The Balaban J connectivity index is 2.33. The van der Waals surface area contributed by atoms with Crippen molar-refractivity contribution in [3.05, 3.63) is 58.4 Å². The Morgan fingerprint density at radius 3 is 2.70 bits per heavy atom. The van der Waals surface area contributed by atoms with E-state index < -0.39 is 0 Å². The first-order valence-electron chi connectivity index (χ1n) is 6.31. The van der Waals surface area contributed by atoms with Gasteiger partial charge in [0.1, 0.15) is 17.0 Å². The largest absolute Gasteiger partial charge is 0.297 e. The molecule has 3 nitrogen and oxygen atoms in total. The minimum absolute atomic E-state index is 0.561. The van der Waals surface area contributed by atoms with Crippen molar-refractivity contribution in [1.29, 1.82) is 0 Å². The van der Waals surface area contributed by atoms with Crippen LogP contribution < -0.4 is 0 Å². The molecule has 3 aromatic rings. The zero-order valence-electron chi connectivity index (χ0n) is 11.2. The monoisotopic (exact) mass is 284 g/mol. The van der Waals surface area contributed by atoms with Crippen molar-refractivity contribution in [2.45, 2.75) is 13.8 Å². The van der Waals surface area contributed by atoms with E-state index in [4.69, 9.17) is 11.6 Å². The number of fused-ring (bicyclic) bond motifs is 1. The molecule has 0 N–H and O–H groups in total. The van der Waals surface area contributed by atoms with Gasteiger partial charge in [-0.05, 0) is 43.2 Å². The van der Waals surface area contributed by atoms with E-state index in [1.807, 2.05) is 54.8 Å². The number of aldehydes is 1. The second-order valence-electron chi connectivity index (χ2n) is 4.81. The van der Waals surface area contributed by atoms with Crippen LogP contribution in [0.3, 0.4) is 0 Å². The second kappa shape index (κ2) is 4.76. The maximum atomic E-state index is 11.5. The highest BCUT2D eigenvalue weighted by molar-refractivity contribution is 6.31. The van der Waals surface area contributed by atoms with Crippen LogP contribution in [0.4, 0.5) is 0 Å². The molecular formula is C16H13ClN2O. The maximum absolute atomic E-state index is 11.5. The smallest absolute Gasteiger partial charge is 0.169 e. The SMILES string of the molecule is Cc1cc(-c2nc3c(C)cccn3c2C=O)ccc1Cl. The summed E-state index contributed by atoms with van der Waals surface area (Å²) in [6.45, 7) is 3.92. The van der Waals surface area contributed by atoms with Crippen LogP contribution in [0.25, 0.3) is 16.9 Å². The lowest BCUT2D eigenvalue weighted by Gasteiger charge is -2.02. The summed E-state index contributed by atoms with van der Waals surface area (Å²) in [6, 6.07) is 9.56. The molecule has 0 bridgehead atoms. The van der Waals surface area contributed by atoms with Crippen LogP contribution in [0.1, 0.15) is 21.6 Å². The number of hydrogen-bond acceptors (Lipinski definition) is 2. The third-order valence-corrected chi connectivity index (χ3v) is 3.85. The summed E-state index contributed by atoms with van der Waals surface area (Å²) in [5.74, 6) is 0. The molecule has 0 aliphatic rings. The van der Waals surface area contributed by atoms with Gasteiger partial charge in [-0.2, -0.15) is 0 Å². The second-order valence-corrected chi connectivity index (χ2v) is 5.22. The molecule has 0 unspecified atom stereocenters. The highest BCUT2D eigenvalue weighted by Gasteiger charge is 2.14. The summed E-state index contributed by atoms with van der Waals surface area (Å²) in [6.07, 6.45) is 2.70. The Hall–Kier alpha value is -2.13. The fraction of sp³-hybridized carbons (Fsp3) is 0.125. The van der Waals surface area contributed by atoms with E-state index in [-0.39, 0.29) is 0 Å². The number of imidazole rings is 1. The molecule has 20 heavy (non-hydrogen) atoms. The zero-order valence-corrected chi connectivity index (χ0v) is 12.0. The lowest BCUT2D eigenvalue weighted by atomic mass is 10.1. The van der Waals surface area contributed by atoms with Crippen LogP contribution in [-0.2, 0) is 0 Å². The Morgan fingerprint density at radius 2 is 2.00 bits per heavy atom. The summed E-state index contributed by atoms with van der Waals surface area (Å²) < 4.78 is 1.82. The van der Waals surface area contributed by atoms with Crippen LogP contribution in [0, 0.1) is 13.8 Å². The van der Waals surface area contributed by atoms with E-state index in [0.717, 1.165) is 28.6 Å². The molecule has 4 heteroatoms. The number of carbonyl (C=O) groups excluding carboxylic acids is 1. The van der Waals surface area contributed by atoms with Gasteiger partial charge in [-0.1, -0.05) is 23.7 Å². The third-order valence-electron chi connectivity index (χ3n) is 3.43. The molecule has 2 heterocycles. The van der Waals surface area contributed by atoms with Crippen molar-refractivity contribution in [2.24, 2.45) is 0 Å². The predicted octanol–water partition coefficient (Wildman–Crippen LogP) is 4.08. The van der Waals surface area contributed by atoms with Crippen LogP contribution in [0.15, 0.2) is 36.5 Å². The molecule has 0 aliphatic heterocycles. The van der Waals surface area contributed by atoms with E-state index in [1.165, 1.54) is 0 Å². The van der Waals surface area contributed by atoms with E-state index >= 15 is 0 Å². The first-order valence-corrected chi connectivity index (χ1v) is 6.69. The minimum Gasteiger partial charge on any atom is -0.297 e. The molecule has 0 fully saturated rings. The Labute approximate surface area is 121 Å². The Bertz CT molecular complexity index is 821. The van der Waals surface area contributed by atoms with Gasteiger partial charge in [0.15, 0.2) is 6.29 Å². The van der Waals surface area contributed by atoms with Crippen molar-refractivity contribution in [1.82, 2.24) is 9.38 Å². The molecule has 0 saturated heterocycles. The summed E-state index contributed by atoms with van der Waals surface area (Å²) >= 11 is 6.05. The van der Waals surface area contributed by atoms with Gasteiger partial charge >= 0.3 is 0 Å². The zero-order chi connectivity index (χ0) is 14.3. The van der Waals surface area contributed by atoms with Crippen LogP contribution in [-0.4, -0.2) is 15.7 Å². The van der Waals surface area contributed by atoms with E-state index in [9.17, 15) is 4.79 Å². The third kappa shape index (κ3) is 1.91. The van der Waals surface area contributed by atoms with Crippen LogP contribution in [0.2, 0.25) is 5.02 Å². The van der Waals surface area contributed by atoms with Crippen LogP contribution >= 0.6 is 11.6 Å². The lowest BCUT2D eigenvalue weighted by Crippen LogP contribution is -1.93. The summed E-state index contributed by atoms with van der Waals surface area (Å²) in [4.78, 5) is 16.1.